The highest BCUT2D eigenvalue weighted by Crippen LogP contribution is 2.26. The number of hydrogen-bond donors (Lipinski definition) is 1. The van der Waals surface area contributed by atoms with Crippen molar-refractivity contribution in [2.24, 2.45) is 0 Å². The van der Waals surface area contributed by atoms with E-state index in [1.807, 2.05) is 0 Å². The first-order valence-electron chi connectivity index (χ1n) is 4.36. The van der Waals surface area contributed by atoms with E-state index in [9.17, 15) is 18.3 Å². The summed E-state index contributed by atoms with van der Waals surface area (Å²) in [4.78, 5) is 0. The Morgan fingerprint density at radius 2 is 1.93 bits per heavy atom. The molecular formula is C10H11F3O2. The van der Waals surface area contributed by atoms with Crippen molar-refractivity contribution in [3.05, 3.63) is 29.8 Å². The second-order valence-electron chi connectivity index (χ2n) is 3.12. The molecule has 0 spiro atoms. The lowest BCUT2D eigenvalue weighted by molar-refractivity contribution is -0.153. The Hall–Kier alpha value is -1.23. The summed E-state index contributed by atoms with van der Waals surface area (Å²) in [6.07, 6.45) is -5.22. The van der Waals surface area contributed by atoms with E-state index in [4.69, 9.17) is 0 Å². The third kappa shape index (κ3) is 3.79. The van der Waals surface area contributed by atoms with Crippen LogP contribution < -0.4 is 4.74 Å². The second kappa shape index (κ2) is 4.53. The molecule has 0 fully saturated rings. The van der Waals surface area contributed by atoms with E-state index in [0.29, 0.717) is 5.56 Å². The minimum absolute atomic E-state index is 0.0600. The molecule has 0 saturated carbocycles. The van der Waals surface area contributed by atoms with E-state index < -0.39 is 18.9 Å². The molecule has 0 aliphatic rings. The number of alkyl halides is 3. The largest absolute Gasteiger partial charge is 0.484 e. The van der Waals surface area contributed by atoms with E-state index in [-0.39, 0.29) is 5.75 Å². The highest BCUT2D eigenvalue weighted by Gasteiger charge is 2.28. The number of aliphatic hydroxyl groups is 1. The number of aliphatic hydroxyl groups excluding tert-OH is 1. The van der Waals surface area contributed by atoms with Gasteiger partial charge in [0, 0.05) is 5.56 Å². The van der Waals surface area contributed by atoms with Crippen molar-refractivity contribution < 1.29 is 23.0 Å². The summed E-state index contributed by atoms with van der Waals surface area (Å²) in [5.74, 6) is 0.0600. The molecule has 1 N–H and O–H groups in total. The molecule has 0 saturated heterocycles. The van der Waals surface area contributed by atoms with Crippen LogP contribution in [0, 0.1) is 0 Å². The molecule has 2 nitrogen and oxygen atoms in total. The topological polar surface area (TPSA) is 29.5 Å². The van der Waals surface area contributed by atoms with Crippen LogP contribution in [0.3, 0.4) is 0 Å². The maximum atomic E-state index is 11.9. The lowest BCUT2D eigenvalue weighted by Crippen LogP contribution is -2.19. The second-order valence-corrected chi connectivity index (χ2v) is 3.12. The molecule has 0 heterocycles. The molecule has 5 heteroatoms. The minimum Gasteiger partial charge on any atom is -0.484 e. The first-order valence-corrected chi connectivity index (χ1v) is 4.36. The lowest BCUT2D eigenvalue weighted by Gasteiger charge is -2.14. The van der Waals surface area contributed by atoms with Gasteiger partial charge in [-0.1, -0.05) is 18.2 Å². The van der Waals surface area contributed by atoms with Gasteiger partial charge in [-0.25, -0.2) is 0 Å². The monoisotopic (exact) mass is 220 g/mol. The number of para-hydroxylation sites is 1. The molecule has 1 unspecified atom stereocenters. The van der Waals surface area contributed by atoms with Gasteiger partial charge >= 0.3 is 6.18 Å². The Labute approximate surface area is 85.3 Å². The van der Waals surface area contributed by atoms with Crippen molar-refractivity contribution in [3.8, 4) is 5.75 Å². The van der Waals surface area contributed by atoms with Crippen molar-refractivity contribution in [3.63, 3.8) is 0 Å². The van der Waals surface area contributed by atoms with Crippen molar-refractivity contribution in [2.75, 3.05) is 6.61 Å². The summed E-state index contributed by atoms with van der Waals surface area (Å²) >= 11 is 0. The third-order valence-electron chi connectivity index (χ3n) is 1.76. The fourth-order valence-corrected chi connectivity index (χ4v) is 1.12. The van der Waals surface area contributed by atoms with Crippen LogP contribution in [0.4, 0.5) is 13.2 Å². The van der Waals surface area contributed by atoms with Gasteiger partial charge in [-0.05, 0) is 13.0 Å². The van der Waals surface area contributed by atoms with Crippen LogP contribution in [0.25, 0.3) is 0 Å². The fourth-order valence-electron chi connectivity index (χ4n) is 1.12. The summed E-state index contributed by atoms with van der Waals surface area (Å²) in [7, 11) is 0. The number of benzene rings is 1. The van der Waals surface area contributed by atoms with Crippen LogP contribution in [0.2, 0.25) is 0 Å². The Bertz CT molecular complexity index is 321. The smallest absolute Gasteiger partial charge is 0.422 e. The number of hydrogen-bond acceptors (Lipinski definition) is 2. The first-order chi connectivity index (χ1) is 6.90. The predicted molar refractivity (Wildman–Crippen MR) is 48.6 cm³/mol. The Balaban J connectivity index is 2.76. The SMILES string of the molecule is CC(O)c1ccccc1OCC(F)(F)F. The van der Waals surface area contributed by atoms with Gasteiger partial charge in [0.15, 0.2) is 6.61 Å². The molecule has 1 atom stereocenters. The van der Waals surface area contributed by atoms with Crippen molar-refractivity contribution in [2.45, 2.75) is 19.2 Å². The van der Waals surface area contributed by atoms with E-state index in [1.165, 1.54) is 19.1 Å². The van der Waals surface area contributed by atoms with Gasteiger partial charge in [0.1, 0.15) is 5.75 Å². The summed E-state index contributed by atoms with van der Waals surface area (Å²) in [6.45, 7) is 0.118. The normalized spacial score (nSPS) is 13.7. The number of ether oxygens (including phenoxy) is 1. The molecular weight excluding hydrogens is 209 g/mol. The zero-order chi connectivity index (χ0) is 11.5. The summed E-state index contributed by atoms with van der Waals surface area (Å²) in [5.41, 5.74) is 0.349. The van der Waals surface area contributed by atoms with Crippen molar-refractivity contribution in [1.82, 2.24) is 0 Å². The van der Waals surface area contributed by atoms with E-state index in [1.54, 1.807) is 12.1 Å². The fraction of sp³-hybridized carbons (Fsp3) is 0.400. The standard InChI is InChI=1S/C10H11F3O2/c1-7(14)8-4-2-3-5-9(8)15-6-10(11,12)13/h2-5,7,14H,6H2,1H3. The van der Waals surface area contributed by atoms with Crippen LogP contribution in [0.5, 0.6) is 5.75 Å². The van der Waals surface area contributed by atoms with Crippen LogP contribution in [0.15, 0.2) is 24.3 Å². The highest BCUT2D eigenvalue weighted by molar-refractivity contribution is 5.34. The predicted octanol–water partition coefficient (Wildman–Crippen LogP) is 2.68. The lowest BCUT2D eigenvalue weighted by atomic mass is 10.1. The Kier molecular flexibility index (Phi) is 3.57. The van der Waals surface area contributed by atoms with Gasteiger partial charge in [-0.2, -0.15) is 13.2 Å². The molecule has 1 aromatic carbocycles. The molecule has 1 rings (SSSR count). The molecule has 0 aliphatic heterocycles. The highest BCUT2D eigenvalue weighted by atomic mass is 19.4. The van der Waals surface area contributed by atoms with Crippen LogP contribution in [0.1, 0.15) is 18.6 Å². The van der Waals surface area contributed by atoms with Crippen molar-refractivity contribution in [1.29, 1.82) is 0 Å². The van der Waals surface area contributed by atoms with Crippen LogP contribution in [-0.2, 0) is 0 Å². The molecule has 0 aliphatic carbocycles. The minimum atomic E-state index is -4.37. The van der Waals surface area contributed by atoms with E-state index in [0.717, 1.165) is 0 Å². The number of rotatable bonds is 3. The molecule has 1 aromatic rings. The molecule has 0 aromatic heterocycles. The first kappa shape index (κ1) is 11.8. The molecule has 0 radical (unpaired) electrons. The molecule has 0 amide bonds. The van der Waals surface area contributed by atoms with Gasteiger partial charge in [0.25, 0.3) is 0 Å². The molecule has 15 heavy (non-hydrogen) atoms. The summed E-state index contributed by atoms with van der Waals surface area (Å²) in [5, 5.41) is 9.27. The van der Waals surface area contributed by atoms with Crippen LogP contribution >= 0.6 is 0 Å². The summed E-state index contributed by atoms with van der Waals surface area (Å²) in [6, 6.07) is 6.10. The Morgan fingerprint density at radius 3 is 2.47 bits per heavy atom. The third-order valence-corrected chi connectivity index (χ3v) is 1.76. The van der Waals surface area contributed by atoms with Crippen LogP contribution in [-0.4, -0.2) is 17.9 Å². The van der Waals surface area contributed by atoms with Gasteiger partial charge in [0.2, 0.25) is 0 Å². The zero-order valence-corrected chi connectivity index (χ0v) is 8.08. The quantitative estimate of drug-likeness (QED) is 0.848. The molecule has 0 bridgehead atoms. The average molecular weight is 220 g/mol. The maximum absolute atomic E-state index is 11.9. The van der Waals surface area contributed by atoms with E-state index in [2.05, 4.69) is 4.74 Å². The van der Waals surface area contributed by atoms with Gasteiger partial charge in [0.05, 0.1) is 6.10 Å². The number of halogens is 3. The van der Waals surface area contributed by atoms with Crippen molar-refractivity contribution >= 4 is 0 Å². The zero-order valence-electron chi connectivity index (χ0n) is 8.08. The maximum Gasteiger partial charge on any atom is 0.422 e. The van der Waals surface area contributed by atoms with E-state index >= 15 is 0 Å². The van der Waals surface area contributed by atoms with Gasteiger partial charge < -0.3 is 9.84 Å². The van der Waals surface area contributed by atoms with Gasteiger partial charge in [-0.15, -0.1) is 0 Å². The average Bonchev–Trinajstić information content (AvgIpc) is 2.14. The molecule has 84 valence electrons. The summed E-state index contributed by atoms with van der Waals surface area (Å²) < 4.78 is 40.2. The van der Waals surface area contributed by atoms with Gasteiger partial charge in [-0.3, -0.25) is 0 Å². The Morgan fingerprint density at radius 1 is 1.33 bits per heavy atom.